The molecule has 0 atom stereocenters. The van der Waals surface area contributed by atoms with Crippen LogP contribution in [0.4, 0.5) is 10.6 Å². The van der Waals surface area contributed by atoms with Crippen LogP contribution in [0, 0.1) is 13.8 Å². The quantitative estimate of drug-likeness (QED) is 0.849. The summed E-state index contributed by atoms with van der Waals surface area (Å²) in [7, 11) is 0. The number of rotatable bonds is 1. The highest BCUT2D eigenvalue weighted by Crippen LogP contribution is 2.27. The van der Waals surface area contributed by atoms with E-state index in [1.807, 2.05) is 46.8 Å². The Hall–Kier alpha value is -2.04. The van der Waals surface area contributed by atoms with Gasteiger partial charge in [-0.15, -0.1) is 0 Å². The number of hydrogen-bond acceptors (Lipinski definition) is 4. The maximum absolute atomic E-state index is 11.7. The molecule has 0 fully saturated rings. The second-order valence-electron chi connectivity index (χ2n) is 5.61. The second-order valence-corrected chi connectivity index (χ2v) is 5.61. The molecule has 19 heavy (non-hydrogen) atoms. The van der Waals surface area contributed by atoms with Gasteiger partial charge in [-0.25, -0.2) is 4.79 Å². The number of carbonyl (C=O) groups is 1. The molecule has 2 rings (SSSR count). The van der Waals surface area contributed by atoms with Gasteiger partial charge in [0.15, 0.2) is 11.4 Å². The monoisotopic (exact) mass is 262 g/mol. The average Bonchev–Trinajstić information content (AvgIpc) is 2.57. The van der Waals surface area contributed by atoms with Gasteiger partial charge < -0.3 is 9.26 Å². The summed E-state index contributed by atoms with van der Waals surface area (Å²) in [6, 6.07) is 3.90. The van der Waals surface area contributed by atoms with Gasteiger partial charge in [0.05, 0.1) is 5.39 Å². The molecule has 2 aromatic rings. The summed E-state index contributed by atoms with van der Waals surface area (Å²) in [5.74, 6) is 0.391. The molecule has 1 N–H and O–H groups in total. The van der Waals surface area contributed by atoms with Crippen LogP contribution >= 0.6 is 0 Å². The summed E-state index contributed by atoms with van der Waals surface area (Å²) >= 11 is 0. The highest BCUT2D eigenvalue weighted by Gasteiger charge is 2.19. The number of nitrogens with one attached hydrogen (secondary N) is 1. The first-order chi connectivity index (χ1) is 8.76. The number of amides is 1. The van der Waals surface area contributed by atoms with Crippen LogP contribution in [0.15, 0.2) is 16.7 Å². The first-order valence-corrected chi connectivity index (χ1v) is 6.13. The van der Waals surface area contributed by atoms with Crippen molar-refractivity contribution >= 4 is 22.9 Å². The lowest BCUT2D eigenvalue weighted by Crippen LogP contribution is -2.27. The molecule has 0 aliphatic carbocycles. The maximum Gasteiger partial charge on any atom is 0.413 e. The van der Waals surface area contributed by atoms with E-state index in [9.17, 15) is 4.79 Å². The van der Waals surface area contributed by atoms with E-state index in [0.717, 1.165) is 16.5 Å². The number of aromatic nitrogens is 1. The number of hydrogen-bond donors (Lipinski definition) is 1. The lowest BCUT2D eigenvalue weighted by atomic mass is 10.1. The van der Waals surface area contributed by atoms with Gasteiger partial charge >= 0.3 is 6.09 Å². The third-order valence-corrected chi connectivity index (χ3v) is 2.54. The molecular formula is C14H18N2O3. The Bertz CT molecular complexity index is 623. The van der Waals surface area contributed by atoms with E-state index < -0.39 is 11.7 Å². The lowest BCUT2D eigenvalue weighted by molar-refractivity contribution is 0.0635. The smallest absolute Gasteiger partial charge is 0.413 e. The predicted molar refractivity (Wildman–Crippen MR) is 73.3 cm³/mol. The van der Waals surface area contributed by atoms with Crippen molar-refractivity contribution in [2.45, 2.75) is 40.2 Å². The second kappa shape index (κ2) is 4.57. The van der Waals surface area contributed by atoms with Gasteiger partial charge in [-0.1, -0.05) is 11.2 Å². The van der Waals surface area contributed by atoms with Crippen molar-refractivity contribution in [3.8, 4) is 0 Å². The Morgan fingerprint density at radius 3 is 2.63 bits per heavy atom. The SMILES string of the molecule is Cc1cc(C)c2c(NC(=O)OC(C)(C)C)noc2c1. The van der Waals surface area contributed by atoms with Crippen LogP contribution in [0.25, 0.3) is 11.0 Å². The Morgan fingerprint density at radius 1 is 1.32 bits per heavy atom. The van der Waals surface area contributed by atoms with Crippen molar-refractivity contribution in [3.05, 3.63) is 23.3 Å². The largest absolute Gasteiger partial charge is 0.444 e. The third-order valence-electron chi connectivity index (χ3n) is 2.54. The van der Waals surface area contributed by atoms with E-state index in [1.54, 1.807) is 0 Å². The summed E-state index contributed by atoms with van der Waals surface area (Å²) in [6.07, 6.45) is -0.539. The fraction of sp³-hybridized carbons (Fsp3) is 0.429. The molecule has 5 heteroatoms. The van der Waals surface area contributed by atoms with E-state index in [2.05, 4.69) is 10.5 Å². The first kappa shape index (κ1) is 13.4. The number of ether oxygens (including phenoxy) is 1. The number of nitrogens with zero attached hydrogens (tertiary/aromatic N) is 1. The van der Waals surface area contributed by atoms with Gasteiger partial charge in [-0.05, 0) is 51.8 Å². The number of carbonyl (C=O) groups excluding carboxylic acids is 1. The molecule has 1 heterocycles. The average molecular weight is 262 g/mol. The molecule has 0 bridgehead atoms. The number of benzene rings is 1. The van der Waals surface area contributed by atoms with E-state index in [4.69, 9.17) is 9.26 Å². The zero-order valence-electron chi connectivity index (χ0n) is 11.8. The van der Waals surface area contributed by atoms with Crippen molar-refractivity contribution in [2.75, 3.05) is 5.32 Å². The van der Waals surface area contributed by atoms with Crippen LogP contribution in [0.1, 0.15) is 31.9 Å². The van der Waals surface area contributed by atoms with Gasteiger partial charge in [0.2, 0.25) is 0 Å². The van der Waals surface area contributed by atoms with Crippen LogP contribution in [0.2, 0.25) is 0 Å². The molecule has 0 aliphatic rings. The molecule has 1 aromatic carbocycles. The van der Waals surface area contributed by atoms with Crippen LogP contribution in [0.5, 0.6) is 0 Å². The Kier molecular flexibility index (Phi) is 3.22. The van der Waals surface area contributed by atoms with Gasteiger partial charge in [-0.3, -0.25) is 5.32 Å². The molecule has 0 aliphatic heterocycles. The van der Waals surface area contributed by atoms with Gasteiger partial charge in [0, 0.05) is 0 Å². The lowest BCUT2D eigenvalue weighted by Gasteiger charge is -2.19. The molecule has 0 saturated heterocycles. The number of aryl methyl sites for hydroxylation is 2. The maximum atomic E-state index is 11.7. The van der Waals surface area contributed by atoms with E-state index in [-0.39, 0.29) is 0 Å². The minimum absolute atomic E-state index is 0.391. The van der Waals surface area contributed by atoms with Gasteiger partial charge in [0.1, 0.15) is 5.60 Å². The topological polar surface area (TPSA) is 64.4 Å². The highest BCUT2D eigenvalue weighted by molar-refractivity contribution is 5.98. The molecule has 1 amide bonds. The van der Waals surface area contributed by atoms with Gasteiger partial charge in [0.25, 0.3) is 0 Å². The molecular weight excluding hydrogens is 244 g/mol. The summed E-state index contributed by atoms with van der Waals surface area (Å²) in [4.78, 5) is 11.7. The minimum Gasteiger partial charge on any atom is -0.444 e. The fourth-order valence-electron chi connectivity index (χ4n) is 1.93. The Balaban J connectivity index is 2.29. The van der Waals surface area contributed by atoms with Crippen molar-refractivity contribution < 1.29 is 14.1 Å². The fourth-order valence-corrected chi connectivity index (χ4v) is 1.93. The number of anilines is 1. The molecule has 1 aromatic heterocycles. The molecule has 0 spiro atoms. The zero-order chi connectivity index (χ0) is 14.2. The Morgan fingerprint density at radius 2 is 2.00 bits per heavy atom. The van der Waals surface area contributed by atoms with E-state index in [0.29, 0.717) is 11.4 Å². The molecule has 5 nitrogen and oxygen atoms in total. The normalized spacial score (nSPS) is 11.6. The minimum atomic E-state index is -0.546. The van der Waals surface area contributed by atoms with Crippen molar-refractivity contribution in [2.24, 2.45) is 0 Å². The highest BCUT2D eigenvalue weighted by atomic mass is 16.6. The zero-order valence-corrected chi connectivity index (χ0v) is 11.8. The van der Waals surface area contributed by atoms with Crippen LogP contribution in [0.3, 0.4) is 0 Å². The summed E-state index contributed by atoms with van der Waals surface area (Å²) in [5.41, 5.74) is 2.20. The van der Waals surface area contributed by atoms with Gasteiger partial charge in [-0.2, -0.15) is 0 Å². The predicted octanol–water partition coefficient (Wildman–Crippen LogP) is 3.79. The molecule has 0 radical (unpaired) electrons. The summed E-state index contributed by atoms with van der Waals surface area (Å²) in [6.45, 7) is 9.36. The standard InChI is InChI=1S/C14H18N2O3/c1-8-6-9(2)11-10(7-8)19-16-12(11)15-13(17)18-14(3,4)5/h6-7H,1-5H3,(H,15,16,17). The van der Waals surface area contributed by atoms with Crippen LogP contribution < -0.4 is 5.32 Å². The molecule has 0 unspecified atom stereocenters. The van der Waals surface area contributed by atoms with Crippen molar-refractivity contribution in [1.29, 1.82) is 0 Å². The van der Waals surface area contributed by atoms with Crippen LogP contribution in [-0.4, -0.2) is 16.9 Å². The summed E-state index contributed by atoms with van der Waals surface area (Å²) < 4.78 is 10.4. The van der Waals surface area contributed by atoms with E-state index >= 15 is 0 Å². The van der Waals surface area contributed by atoms with Crippen molar-refractivity contribution in [1.82, 2.24) is 5.16 Å². The molecule has 0 saturated carbocycles. The van der Waals surface area contributed by atoms with E-state index in [1.165, 1.54) is 0 Å². The number of fused-ring (bicyclic) bond motifs is 1. The van der Waals surface area contributed by atoms with Crippen molar-refractivity contribution in [3.63, 3.8) is 0 Å². The molecule has 102 valence electrons. The third kappa shape index (κ3) is 3.05. The Labute approximate surface area is 111 Å². The summed E-state index contributed by atoms with van der Waals surface area (Å²) in [5, 5.41) is 7.30. The first-order valence-electron chi connectivity index (χ1n) is 6.13. The van der Waals surface area contributed by atoms with Crippen LogP contribution in [-0.2, 0) is 4.74 Å².